The van der Waals surface area contributed by atoms with E-state index < -0.39 is 65.7 Å². The van der Waals surface area contributed by atoms with Crippen molar-refractivity contribution in [1.29, 1.82) is 0 Å². The predicted octanol–water partition coefficient (Wildman–Crippen LogP) is 7.85. The molecule has 332 valence electrons. The minimum Gasteiger partial charge on any atom is -0.457 e. The second-order valence-corrected chi connectivity index (χ2v) is 20.3. The van der Waals surface area contributed by atoms with Crippen molar-refractivity contribution in [3.8, 4) is 0 Å². The van der Waals surface area contributed by atoms with Crippen LogP contribution in [0.4, 0.5) is 10.5 Å². The van der Waals surface area contributed by atoms with E-state index in [2.05, 4.69) is 29.2 Å². The van der Waals surface area contributed by atoms with Gasteiger partial charge in [0.15, 0.2) is 5.72 Å². The van der Waals surface area contributed by atoms with E-state index in [1.165, 1.54) is 16.9 Å². The fourth-order valence-corrected chi connectivity index (χ4v) is 10.4. The molecule has 4 rings (SSSR count). The fourth-order valence-electron chi connectivity index (χ4n) is 7.47. The standard InChI is InChI=1S/C42H61ClN6O9S2/c1-25-14-13-15-32(55-10)42(54)24-31(56-39(53)46-42)27(3)37-41(7,58-37)33(23-35(51)49(9)30-22-29(20-25)21-26(2)36(30)43)57-38(52)28(4)48(8)34(50)16-17-40(5,6)60-59-19-12-11-18-45-47-44/h13-15,21-22,27-28,31-33,37,54H,11-12,16-20,23-24H2,1-10H3,(H,46,53)/b15-13+,25-14+/t27-,28+,31+,32-,33+,37+,41+,42+/m1/s1. The van der Waals surface area contributed by atoms with Gasteiger partial charge in [0.05, 0.1) is 23.2 Å². The molecule has 0 aromatic heterocycles. The first kappa shape index (κ1) is 49.2. The molecule has 2 saturated heterocycles. The number of epoxide rings is 1. The normalized spacial score (nSPS) is 29.1. The average molecular weight is 894 g/mol. The van der Waals surface area contributed by atoms with Gasteiger partial charge in [-0.1, -0.05) is 75.1 Å². The number of carbonyl (C=O) groups is 4. The van der Waals surface area contributed by atoms with Gasteiger partial charge in [0.2, 0.25) is 11.8 Å². The number of hydrogen-bond acceptors (Lipinski definition) is 12. The minimum atomic E-state index is -1.82. The maximum Gasteiger partial charge on any atom is 0.409 e. The van der Waals surface area contributed by atoms with Gasteiger partial charge in [0.1, 0.15) is 30.0 Å². The number of aliphatic hydroxyl groups is 1. The summed E-state index contributed by atoms with van der Waals surface area (Å²) >= 11 is 6.81. The molecule has 60 heavy (non-hydrogen) atoms. The summed E-state index contributed by atoms with van der Waals surface area (Å²) in [7, 11) is 8.03. The van der Waals surface area contributed by atoms with E-state index in [9.17, 15) is 24.3 Å². The van der Waals surface area contributed by atoms with E-state index in [1.54, 1.807) is 61.7 Å². The Morgan fingerprint density at radius 3 is 2.67 bits per heavy atom. The quantitative estimate of drug-likeness (QED) is 0.0351. The van der Waals surface area contributed by atoms with Crippen LogP contribution in [-0.4, -0.2) is 114 Å². The van der Waals surface area contributed by atoms with Gasteiger partial charge in [-0.2, -0.15) is 0 Å². The van der Waals surface area contributed by atoms with E-state index >= 15 is 0 Å². The lowest BCUT2D eigenvalue weighted by molar-refractivity contribution is -0.162. The van der Waals surface area contributed by atoms with Crippen molar-refractivity contribution < 1.29 is 43.2 Å². The number of methoxy groups -OCH3 is 1. The first-order chi connectivity index (χ1) is 28.2. The van der Waals surface area contributed by atoms with Crippen LogP contribution in [0.25, 0.3) is 10.4 Å². The zero-order valence-corrected chi connectivity index (χ0v) is 38.7. The minimum absolute atomic E-state index is 0.0477. The number of anilines is 1. The van der Waals surface area contributed by atoms with Crippen LogP contribution in [-0.2, 0) is 39.8 Å². The molecular formula is C42H61ClN6O9S2. The van der Waals surface area contributed by atoms with Gasteiger partial charge < -0.3 is 33.9 Å². The molecule has 0 spiro atoms. The van der Waals surface area contributed by atoms with Crippen LogP contribution in [0.2, 0.25) is 5.02 Å². The Hall–Kier alpha value is -3.44. The summed E-state index contributed by atoms with van der Waals surface area (Å²) in [5.41, 5.74) is 8.55. The molecule has 3 amide bonds. The molecule has 0 saturated carbocycles. The molecule has 2 N–H and O–H groups in total. The zero-order valence-electron chi connectivity index (χ0n) is 36.4. The number of azide groups is 1. The monoisotopic (exact) mass is 892 g/mol. The van der Waals surface area contributed by atoms with Gasteiger partial charge in [0, 0.05) is 61.9 Å². The number of unbranched alkanes of at least 4 members (excludes halogenated alkanes) is 1. The molecule has 0 aliphatic carbocycles. The second-order valence-electron chi connectivity index (χ2n) is 16.8. The number of alkyl carbamates (subject to hydrolysis) is 1. The molecule has 15 nitrogen and oxygen atoms in total. The molecule has 2 fully saturated rings. The first-order valence-corrected chi connectivity index (χ1v) is 22.9. The van der Waals surface area contributed by atoms with Gasteiger partial charge in [-0.05, 0) is 90.0 Å². The summed E-state index contributed by atoms with van der Waals surface area (Å²) in [6.45, 7) is 13.6. The van der Waals surface area contributed by atoms with Crippen LogP contribution in [0.5, 0.6) is 0 Å². The highest BCUT2D eigenvalue weighted by Crippen LogP contribution is 2.49. The molecular weight excluding hydrogens is 832 g/mol. The Bertz CT molecular complexity index is 1860. The number of benzene rings is 1. The molecule has 0 unspecified atom stereocenters. The Labute approximate surface area is 366 Å². The molecule has 18 heteroatoms. The molecule has 3 heterocycles. The maximum atomic E-state index is 14.2. The Balaban J connectivity index is 1.58. The first-order valence-electron chi connectivity index (χ1n) is 20.2. The van der Waals surface area contributed by atoms with Gasteiger partial charge in [-0.15, -0.1) is 0 Å². The number of aryl methyl sites for hydroxylation is 1. The van der Waals surface area contributed by atoms with E-state index in [4.69, 9.17) is 36.1 Å². The third-order valence-corrected chi connectivity index (χ3v) is 15.5. The molecule has 3 aliphatic rings. The smallest absolute Gasteiger partial charge is 0.409 e. The van der Waals surface area contributed by atoms with Crippen molar-refractivity contribution in [2.75, 3.05) is 38.4 Å². The number of fused-ring (bicyclic) bond motifs is 5. The van der Waals surface area contributed by atoms with Crippen LogP contribution >= 0.6 is 33.2 Å². The van der Waals surface area contributed by atoms with Crippen molar-refractivity contribution in [3.05, 3.63) is 62.5 Å². The summed E-state index contributed by atoms with van der Waals surface area (Å²) in [5, 5.41) is 18.3. The lowest BCUT2D eigenvalue weighted by Gasteiger charge is -2.42. The SMILES string of the molecule is CO[C@@H]1/C=C/C=C(\C)Cc2cc(C)c(Cl)c(c2)N(C)C(=O)C[C@H](OC(=O)[C@H](C)N(C)C(=O)CCC(C)(C)SSCCCCN=[N+]=[N-])[C@]2(C)O[C@H]2[C@H](C)[C@@H]2C[C@@]1(O)NC(=O)O2. The number of rotatable bonds is 14. The van der Waals surface area contributed by atoms with Gasteiger partial charge in [0.25, 0.3) is 0 Å². The molecule has 8 atom stereocenters. The van der Waals surface area contributed by atoms with Crippen molar-refractivity contribution in [1.82, 2.24) is 10.2 Å². The fraction of sp³-hybridized carbons (Fsp3) is 0.667. The number of esters is 1. The second kappa shape index (κ2) is 21.1. The highest BCUT2D eigenvalue weighted by Gasteiger charge is 2.64. The molecule has 1 aromatic carbocycles. The van der Waals surface area contributed by atoms with E-state index in [1.807, 2.05) is 39.0 Å². The molecule has 1 aromatic rings. The van der Waals surface area contributed by atoms with Crippen LogP contribution in [0, 0.1) is 12.8 Å². The number of nitrogens with zero attached hydrogens (tertiary/aromatic N) is 5. The predicted molar refractivity (Wildman–Crippen MR) is 236 cm³/mol. The van der Waals surface area contributed by atoms with E-state index in [0.29, 0.717) is 30.1 Å². The van der Waals surface area contributed by atoms with Gasteiger partial charge >= 0.3 is 12.1 Å². The lowest BCUT2D eigenvalue weighted by Crippen LogP contribution is -2.63. The average Bonchev–Trinajstić information content (AvgIpc) is 3.89. The Morgan fingerprint density at radius 1 is 1.27 bits per heavy atom. The summed E-state index contributed by atoms with van der Waals surface area (Å²) in [6, 6.07) is 2.82. The highest BCUT2D eigenvalue weighted by molar-refractivity contribution is 8.77. The number of likely N-dealkylation sites (N-methyl/N-ethyl adjacent to an activating group) is 1. The van der Waals surface area contributed by atoms with E-state index in [-0.39, 0.29) is 29.9 Å². The third-order valence-electron chi connectivity index (χ3n) is 11.5. The van der Waals surface area contributed by atoms with Crippen molar-refractivity contribution in [2.45, 2.75) is 140 Å². The van der Waals surface area contributed by atoms with Crippen LogP contribution in [0.15, 0.2) is 41.0 Å². The molecule has 4 bridgehead atoms. The van der Waals surface area contributed by atoms with Gasteiger partial charge in [-0.25, -0.2) is 9.59 Å². The Kier molecular flexibility index (Phi) is 17.3. The summed E-state index contributed by atoms with van der Waals surface area (Å²) < 4.78 is 23.6. The summed E-state index contributed by atoms with van der Waals surface area (Å²) in [5.74, 6) is -0.976. The summed E-state index contributed by atoms with van der Waals surface area (Å²) in [4.78, 5) is 60.2. The number of nitrogens with one attached hydrogen (secondary N) is 1. The third kappa shape index (κ3) is 12.6. The van der Waals surface area contributed by atoms with Gasteiger partial charge in [-0.3, -0.25) is 14.9 Å². The largest absolute Gasteiger partial charge is 0.457 e. The van der Waals surface area contributed by atoms with Crippen molar-refractivity contribution >= 4 is 62.8 Å². The van der Waals surface area contributed by atoms with Crippen molar-refractivity contribution in [2.24, 2.45) is 11.0 Å². The Morgan fingerprint density at radius 2 is 1.98 bits per heavy atom. The molecule has 3 aliphatic heterocycles. The number of amides is 3. The number of allylic oxidation sites excluding steroid dienone is 3. The summed E-state index contributed by atoms with van der Waals surface area (Å²) in [6.07, 6.45) is 3.63. The number of ether oxygens (including phenoxy) is 4. The maximum absolute atomic E-state index is 14.2. The van der Waals surface area contributed by atoms with Crippen molar-refractivity contribution in [3.63, 3.8) is 0 Å². The topological polar surface area (TPSA) is 196 Å². The van der Waals surface area contributed by atoms with Crippen LogP contribution in [0.1, 0.15) is 91.2 Å². The highest BCUT2D eigenvalue weighted by atomic mass is 35.5. The lowest BCUT2D eigenvalue weighted by atomic mass is 9.83. The number of halogens is 1. The van der Waals surface area contributed by atoms with Crippen LogP contribution in [0.3, 0.4) is 0 Å². The number of hydrogen-bond donors (Lipinski definition) is 2. The zero-order chi connectivity index (χ0) is 44.6. The number of carbonyl (C=O) groups excluding carboxylic acids is 4. The van der Waals surface area contributed by atoms with E-state index in [0.717, 1.165) is 35.3 Å². The van der Waals surface area contributed by atoms with Crippen LogP contribution < -0.4 is 10.2 Å². The molecule has 0 radical (unpaired) electrons.